The molecule has 2 aromatic carbocycles. The van der Waals surface area contributed by atoms with Crippen molar-refractivity contribution in [1.29, 1.82) is 0 Å². The summed E-state index contributed by atoms with van der Waals surface area (Å²) in [6.45, 7) is 0.409. The normalized spacial score (nSPS) is 10.8. The summed E-state index contributed by atoms with van der Waals surface area (Å²) in [5.74, 6) is -0.0432. The summed E-state index contributed by atoms with van der Waals surface area (Å²) < 4.78 is 5.08. The van der Waals surface area contributed by atoms with Gasteiger partial charge in [0, 0.05) is 29.2 Å². The second-order valence-corrected chi connectivity index (χ2v) is 5.37. The maximum atomic E-state index is 12.1. The Kier molecular flexibility index (Phi) is 3.55. The fraction of sp³-hybridized carbons (Fsp3) is 0.0556. The number of aromatic amines is 1. The fourth-order valence-electron chi connectivity index (χ4n) is 2.48. The highest BCUT2D eigenvalue weighted by Gasteiger charge is 2.16. The Morgan fingerprint density at radius 1 is 1.12 bits per heavy atom. The monoisotopic (exact) mass is 318 g/mol. The zero-order valence-corrected chi connectivity index (χ0v) is 12.7. The van der Waals surface area contributed by atoms with Crippen molar-refractivity contribution in [3.05, 3.63) is 72.2 Å². The Balaban J connectivity index is 1.50. The van der Waals surface area contributed by atoms with Gasteiger partial charge in [0.25, 0.3) is 0 Å². The lowest BCUT2D eigenvalue weighted by atomic mass is 10.1. The molecule has 0 radical (unpaired) electrons. The summed E-state index contributed by atoms with van der Waals surface area (Å²) in [6, 6.07) is 17.4. The molecule has 118 valence electrons. The van der Waals surface area contributed by atoms with Crippen LogP contribution < -0.4 is 5.32 Å². The van der Waals surface area contributed by atoms with Crippen LogP contribution in [0.15, 0.2) is 65.3 Å². The highest BCUT2D eigenvalue weighted by atomic mass is 16.5. The van der Waals surface area contributed by atoms with E-state index in [0.29, 0.717) is 12.4 Å². The Bertz CT molecular complexity index is 988. The summed E-state index contributed by atoms with van der Waals surface area (Å²) in [5, 5.41) is 7.71. The number of aromatic nitrogens is 3. The lowest BCUT2D eigenvalue weighted by molar-refractivity contribution is 0.0907. The first-order valence-corrected chi connectivity index (χ1v) is 7.53. The standard InChI is InChI=1S/C18H14N4O2/c23-17(20-11-12-4-2-1-3-5-12)18-21-16(22-24-18)14-6-7-15-13(10-14)8-9-19-15/h1-10,19H,11H2,(H,20,23). The molecule has 2 aromatic heterocycles. The minimum absolute atomic E-state index is 0.0462. The van der Waals surface area contributed by atoms with Crippen molar-refractivity contribution in [3.8, 4) is 11.4 Å². The van der Waals surface area contributed by atoms with Gasteiger partial charge < -0.3 is 14.8 Å². The first kappa shape index (κ1) is 14.2. The van der Waals surface area contributed by atoms with Crippen LogP contribution in [-0.2, 0) is 6.54 Å². The number of carbonyl (C=O) groups excluding carboxylic acids is 1. The highest BCUT2D eigenvalue weighted by Crippen LogP contribution is 2.21. The van der Waals surface area contributed by atoms with Crippen molar-refractivity contribution in [2.75, 3.05) is 0 Å². The quantitative estimate of drug-likeness (QED) is 0.605. The maximum Gasteiger partial charge on any atom is 0.316 e. The van der Waals surface area contributed by atoms with E-state index in [1.165, 1.54) is 0 Å². The second-order valence-electron chi connectivity index (χ2n) is 5.37. The average molecular weight is 318 g/mol. The molecule has 0 spiro atoms. The van der Waals surface area contributed by atoms with E-state index in [1.54, 1.807) is 0 Å². The summed E-state index contributed by atoms with van der Waals surface area (Å²) in [6.07, 6.45) is 1.87. The molecule has 0 saturated heterocycles. The van der Waals surface area contributed by atoms with Crippen LogP contribution in [0.1, 0.15) is 16.2 Å². The molecule has 0 atom stereocenters. The molecular weight excluding hydrogens is 304 g/mol. The van der Waals surface area contributed by atoms with Gasteiger partial charge in [-0.3, -0.25) is 4.79 Å². The lowest BCUT2D eigenvalue weighted by Gasteiger charge is -2.01. The summed E-state index contributed by atoms with van der Waals surface area (Å²) in [5.41, 5.74) is 2.83. The maximum absolute atomic E-state index is 12.1. The summed E-state index contributed by atoms with van der Waals surface area (Å²) >= 11 is 0. The van der Waals surface area contributed by atoms with E-state index < -0.39 is 0 Å². The molecule has 2 N–H and O–H groups in total. The van der Waals surface area contributed by atoms with Crippen LogP contribution in [0, 0.1) is 0 Å². The molecule has 4 rings (SSSR count). The van der Waals surface area contributed by atoms with Gasteiger partial charge in [0.2, 0.25) is 5.82 Å². The number of nitrogens with one attached hydrogen (secondary N) is 2. The molecule has 6 nitrogen and oxygen atoms in total. The van der Waals surface area contributed by atoms with Gasteiger partial charge in [-0.25, -0.2) is 0 Å². The number of rotatable bonds is 4. The van der Waals surface area contributed by atoms with Gasteiger partial charge in [0.1, 0.15) is 0 Å². The first-order chi connectivity index (χ1) is 11.8. The van der Waals surface area contributed by atoms with Crippen molar-refractivity contribution >= 4 is 16.8 Å². The first-order valence-electron chi connectivity index (χ1n) is 7.53. The van der Waals surface area contributed by atoms with Crippen LogP contribution in [0.25, 0.3) is 22.3 Å². The topological polar surface area (TPSA) is 83.8 Å². The van der Waals surface area contributed by atoms with Gasteiger partial charge in [-0.1, -0.05) is 35.5 Å². The van der Waals surface area contributed by atoms with Crippen LogP contribution in [0.3, 0.4) is 0 Å². The Morgan fingerprint density at radius 3 is 2.88 bits per heavy atom. The molecule has 0 saturated carbocycles. The SMILES string of the molecule is O=C(NCc1ccccc1)c1nc(-c2ccc3[nH]ccc3c2)no1. The highest BCUT2D eigenvalue weighted by molar-refractivity contribution is 5.90. The smallest absolute Gasteiger partial charge is 0.316 e. The number of benzene rings is 2. The van der Waals surface area contributed by atoms with E-state index in [1.807, 2.05) is 60.8 Å². The second kappa shape index (κ2) is 6.00. The average Bonchev–Trinajstić information content (AvgIpc) is 3.29. The molecule has 24 heavy (non-hydrogen) atoms. The van der Waals surface area contributed by atoms with Crippen molar-refractivity contribution in [2.45, 2.75) is 6.54 Å². The van der Waals surface area contributed by atoms with Crippen molar-refractivity contribution < 1.29 is 9.32 Å². The number of nitrogens with zero attached hydrogens (tertiary/aromatic N) is 2. The van der Waals surface area contributed by atoms with Gasteiger partial charge in [-0.2, -0.15) is 4.98 Å². The van der Waals surface area contributed by atoms with Crippen LogP contribution in [0.5, 0.6) is 0 Å². The van der Waals surface area contributed by atoms with Crippen LogP contribution >= 0.6 is 0 Å². The molecule has 0 unspecified atom stereocenters. The number of amides is 1. The minimum Gasteiger partial charge on any atom is -0.361 e. The molecule has 0 fully saturated rings. The fourth-order valence-corrected chi connectivity index (χ4v) is 2.48. The van der Waals surface area contributed by atoms with E-state index in [9.17, 15) is 4.79 Å². The van der Waals surface area contributed by atoms with E-state index in [2.05, 4.69) is 20.4 Å². The molecule has 0 aliphatic carbocycles. The molecule has 1 amide bonds. The number of hydrogen-bond acceptors (Lipinski definition) is 4. The Hall–Kier alpha value is -3.41. The van der Waals surface area contributed by atoms with Crippen LogP contribution in [-0.4, -0.2) is 21.0 Å². The zero-order chi connectivity index (χ0) is 16.4. The predicted octanol–water partition coefficient (Wildman–Crippen LogP) is 3.15. The van der Waals surface area contributed by atoms with Gasteiger partial charge >= 0.3 is 11.8 Å². The molecule has 0 aliphatic rings. The van der Waals surface area contributed by atoms with Gasteiger partial charge in [0.15, 0.2) is 0 Å². The molecule has 6 heteroatoms. The van der Waals surface area contributed by atoms with E-state index in [-0.39, 0.29) is 11.8 Å². The molecule has 2 heterocycles. The Morgan fingerprint density at radius 2 is 2.00 bits per heavy atom. The largest absolute Gasteiger partial charge is 0.361 e. The van der Waals surface area contributed by atoms with Crippen LogP contribution in [0.4, 0.5) is 0 Å². The summed E-state index contributed by atoms with van der Waals surface area (Å²) in [7, 11) is 0. The molecule has 0 bridgehead atoms. The summed E-state index contributed by atoms with van der Waals surface area (Å²) in [4.78, 5) is 19.4. The van der Waals surface area contributed by atoms with Gasteiger partial charge in [-0.05, 0) is 29.8 Å². The Labute approximate surface area is 137 Å². The number of carbonyl (C=O) groups is 1. The van der Waals surface area contributed by atoms with E-state index in [4.69, 9.17) is 4.52 Å². The molecule has 4 aromatic rings. The predicted molar refractivity (Wildman–Crippen MR) is 89.2 cm³/mol. The van der Waals surface area contributed by atoms with E-state index in [0.717, 1.165) is 22.0 Å². The van der Waals surface area contributed by atoms with Crippen molar-refractivity contribution in [3.63, 3.8) is 0 Å². The zero-order valence-electron chi connectivity index (χ0n) is 12.7. The minimum atomic E-state index is -0.389. The number of fused-ring (bicyclic) bond motifs is 1. The molecule has 0 aliphatic heterocycles. The van der Waals surface area contributed by atoms with E-state index >= 15 is 0 Å². The van der Waals surface area contributed by atoms with Crippen LogP contribution in [0.2, 0.25) is 0 Å². The van der Waals surface area contributed by atoms with Crippen molar-refractivity contribution in [1.82, 2.24) is 20.4 Å². The van der Waals surface area contributed by atoms with Crippen molar-refractivity contribution in [2.24, 2.45) is 0 Å². The van der Waals surface area contributed by atoms with Gasteiger partial charge in [0.05, 0.1) is 0 Å². The van der Waals surface area contributed by atoms with Gasteiger partial charge in [-0.15, -0.1) is 0 Å². The lowest BCUT2D eigenvalue weighted by Crippen LogP contribution is -2.23. The third-order valence-corrected chi connectivity index (χ3v) is 3.73. The number of hydrogen-bond donors (Lipinski definition) is 2. The third-order valence-electron chi connectivity index (χ3n) is 3.73. The third kappa shape index (κ3) is 2.77. The number of H-pyrrole nitrogens is 1. The molecular formula is C18H14N4O2.